The van der Waals surface area contributed by atoms with E-state index in [1.54, 1.807) is 13.8 Å². The van der Waals surface area contributed by atoms with Crippen molar-refractivity contribution in [1.29, 1.82) is 0 Å². The van der Waals surface area contributed by atoms with Gasteiger partial charge in [-0.1, -0.05) is 13.8 Å². The number of thioether (sulfide) groups is 1. The van der Waals surface area contributed by atoms with Gasteiger partial charge in [0.1, 0.15) is 12.1 Å². The van der Waals surface area contributed by atoms with Crippen LogP contribution < -0.4 is 16.4 Å². The van der Waals surface area contributed by atoms with Crippen molar-refractivity contribution in [2.75, 3.05) is 5.75 Å². The third kappa shape index (κ3) is 9.60. The first-order valence-electron chi connectivity index (χ1n) is 7.13. The van der Waals surface area contributed by atoms with Crippen LogP contribution in [0.3, 0.4) is 0 Å². The van der Waals surface area contributed by atoms with Crippen molar-refractivity contribution in [3.05, 3.63) is 0 Å². The molecule has 0 aromatic carbocycles. The number of carbonyl (C=O) groups excluding carboxylic acids is 2. The number of hydrogen-bond donors (Lipinski definition) is 4. The molecule has 0 saturated carbocycles. The average Bonchev–Trinajstić information content (AvgIpc) is 2.40. The Bertz CT molecular complexity index is 458. The maximum absolute atomic E-state index is 12.3. The molecule has 0 aliphatic carbocycles. The molecule has 0 fully saturated rings. The van der Waals surface area contributed by atoms with Crippen molar-refractivity contribution in [2.24, 2.45) is 11.7 Å². The highest BCUT2D eigenvalue weighted by Gasteiger charge is 2.34. The van der Waals surface area contributed by atoms with E-state index in [9.17, 15) is 27.6 Å². The molecule has 5 N–H and O–H groups in total. The van der Waals surface area contributed by atoms with E-state index >= 15 is 0 Å². The molecule has 0 aromatic rings. The monoisotopic (exact) mass is 373 g/mol. The minimum absolute atomic E-state index is 0.0620. The molecule has 11 heteroatoms. The Hall–Kier alpha value is -1.49. The van der Waals surface area contributed by atoms with E-state index in [1.807, 2.05) is 0 Å². The van der Waals surface area contributed by atoms with Crippen molar-refractivity contribution in [3.63, 3.8) is 0 Å². The molecule has 140 valence electrons. The Morgan fingerprint density at radius 2 is 1.58 bits per heavy atom. The second-order valence-electron chi connectivity index (χ2n) is 5.64. The Kier molecular flexibility index (Phi) is 9.12. The van der Waals surface area contributed by atoms with Gasteiger partial charge in [0.25, 0.3) is 0 Å². The molecular formula is C13H22F3N3O4S. The van der Waals surface area contributed by atoms with Gasteiger partial charge < -0.3 is 21.5 Å². The van der Waals surface area contributed by atoms with E-state index in [2.05, 4.69) is 10.6 Å². The quantitative estimate of drug-likeness (QED) is 0.472. The van der Waals surface area contributed by atoms with Crippen LogP contribution in [0.5, 0.6) is 0 Å². The maximum Gasteiger partial charge on any atom is 0.441 e. The number of carboxylic acids is 1. The minimum Gasteiger partial charge on any atom is -0.480 e. The Labute approximate surface area is 141 Å². The van der Waals surface area contributed by atoms with E-state index in [1.165, 1.54) is 6.92 Å². The standard InChI is InChI=1S/C13H22F3N3O4S/c1-6(2)4-8(12(22)23)18-11(21)9(5-24-13(14,15)16)19-10(20)7(3)17/h6-9H,4-5,17H2,1-3H3,(H,18,21)(H,19,20)(H,22,23)/t7-,8-,9-/m0/s1. The largest absolute Gasteiger partial charge is 0.480 e. The highest BCUT2D eigenvalue weighted by Crippen LogP contribution is 2.30. The highest BCUT2D eigenvalue weighted by molar-refractivity contribution is 8.00. The molecule has 0 rings (SSSR count). The first kappa shape index (κ1) is 22.5. The molecule has 0 aliphatic rings. The predicted molar refractivity (Wildman–Crippen MR) is 83.1 cm³/mol. The van der Waals surface area contributed by atoms with E-state index in [0.29, 0.717) is 0 Å². The molecule has 2 amide bonds. The summed E-state index contributed by atoms with van der Waals surface area (Å²) in [6.45, 7) is 4.77. The van der Waals surface area contributed by atoms with E-state index < -0.39 is 58.9 Å². The van der Waals surface area contributed by atoms with E-state index in [4.69, 9.17) is 10.8 Å². The minimum atomic E-state index is -4.60. The summed E-state index contributed by atoms with van der Waals surface area (Å²) in [6.07, 6.45) is 0.0987. The molecule has 7 nitrogen and oxygen atoms in total. The summed E-state index contributed by atoms with van der Waals surface area (Å²) in [6, 6.07) is -3.84. The van der Waals surface area contributed by atoms with Gasteiger partial charge >= 0.3 is 11.5 Å². The average molecular weight is 373 g/mol. The molecule has 0 saturated heterocycles. The summed E-state index contributed by atoms with van der Waals surface area (Å²) in [7, 11) is 0. The lowest BCUT2D eigenvalue weighted by Crippen LogP contribution is -2.55. The summed E-state index contributed by atoms with van der Waals surface area (Å²) >= 11 is -0.491. The second-order valence-corrected chi connectivity index (χ2v) is 6.72. The smallest absolute Gasteiger partial charge is 0.441 e. The number of nitrogens with one attached hydrogen (secondary N) is 2. The van der Waals surface area contributed by atoms with Gasteiger partial charge in [-0.2, -0.15) is 13.2 Å². The summed E-state index contributed by atoms with van der Waals surface area (Å²) in [5, 5.41) is 13.3. The van der Waals surface area contributed by atoms with E-state index in [-0.39, 0.29) is 12.3 Å². The predicted octanol–water partition coefficient (Wildman–Crippen LogP) is 0.687. The number of amides is 2. The summed E-state index contributed by atoms with van der Waals surface area (Å²) in [5.41, 5.74) is 0.719. The van der Waals surface area contributed by atoms with Crippen molar-refractivity contribution in [2.45, 2.75) is 50.8 Å². The van der Waals surface area contributed by atoms with Gasteiger partial charge in [-0.15, -0.1) is 0 Å². The number of rotatable bonds is 9. The molecule has 3 atom stereocenters. The van der Waals surface area contributed by atoms with Crippen LogP contribution in [0.25, 0.3) is 0 Å². The zero-order chi connectivity index (χ0) is 19.1. The molecule has 0 radical (unpaired) electrons. The number of nitrogens with two attached hydrogens (primary N) is 1. The van der Waals surface area contributed by atoms with Crippen LogP contribution in [0, 0.1) is 5.92 Å². The fraction of sp³-hybridized carbons (Fsp3) is 0.769. The zero-order valence-electron chi connectivity index (χ0n) is 13.5. The number of carboxylic acid groups (broad SMARTS) is 1. The van der Waals surface area contributed by atoms with Gasteiger partial charge in [-0.05, 0) is 31.0 Å². The van der Waals surface area contributed by atoms with Crippen LogP contribution in [-0.4, -0.2) is 52.3 Å². The van der Waals surface area contributed by atoms with Gasteiger partial charge in [0.15, 0.2) is 0 Å². The lowest BCUT2D eigenvalue weighted by Gasteiger charge is -2.23. The number of carbonyl (C=O) groups is 3. The van der Waals surface area contributed by atoms with Gasteiger partial charge in [0.05, 0.1) is 6.04 Å². The molecule has 0 aliphatic heterocycles. The fourth-order valence-electron chi connectivity index (χ4n) is 1.63. The van der Waals surface area contributed by atoms with Crippen LogP contribution in [-0.2, 0) is 14.4 Å². The van der Waals surface area contributed by atoms with Crippen LogP contribution in [0.15, 0.2) is 0 Å². The molecule has 24 heavy (non-hydrogen) atoms. The van der Waals surface area contributed by atoms with Gasteiger partial charge in [0.2, 0.25) is 11.8 Å². The van der Waals surface area contributed by atoms with E-state index in [0.717, 1.165) is 0 Å². The number of alkyl halides is 3. The highest BCUT2D eigenvalue weighted by atomic mass is 32.2. The summed E-state index contributed by atoms with van der Waals surface area (Å²) < 4.78 is 37.0. The van der Waals surface area contributed by atoms with Crippen LogP contribution >= 0.6 is 11.8 Å². The molecular weight excluding hydrogens is 351 g/mol. The number of halogens is 3. The van der Waals surface area contributed by atoms with Gasteiger partial charge in [0, 0.05) is 5.75 Å². The fourth-order valence-corrected chi connectivity index (χ4v) is 2.22. The van der Waals surface area contributed by atoms with Crippen molar-refractivity contribution in [1.82, 2.24) is 10.6 Å². The summed E-state index contributed by atoms with van der Waals surface area (Å²) in [5.74, 6) is -3.98. The van der Waals surface area contributed by atoms with Crippen LogP contribution in [0.4, 0.5) is 13.2 Å². The van der Waals surface area contributed by atoms with Crippen LogP contribution in [0.2, 0.25) is 0 Å². The molecule has 0 bridgehead atoms. The Morgan fingerprint density at radius 1 is 1.08 bits per heavy atom. The van der Waals surface area contributed by atoms with Crippen molar-refractivity contribution >= 4 is 29.5 Å². The SMILES string of the molecule is CC(C)C[C@H](NC(=O)[C@H](CSC(F)(F)F)NC(=O)[C@H](C)N)C(=O)O. The molecule has 0 spiro atoms. The number of hydrogen-bond acceptors (Lipinski definition) is 5. The lowest BCUT2D eigenvalue weighted by atomic mass is 10.0. The van der Waals surface area contributed by atoms with Gasteiger partial charge in [-0.3, -0.25) is 9.59 Å². The second kappa shape index (κ2) is 9.72. The Morgan fingerprint density at radius 3 is 1.96 bits per heavy atom. The Balaban J connectivity index is 5.05. The molecule has 0 unspecified atom stereocenters. The normalized spacial score (nSPS) is 15.5. The first-order valence-corrected chi connectivity index (χ1v) is 8.11. The third-order valence-corrected chi connectivity index (χ3v) is 3.61. The maximum atomic E-state index is 12.3. The lowest BCUT2D eigenvalue weighted by molar-refractivity contribution is -0.142. The third-order valence-electron chi connectivity index (χ3n) is 2.78. The molecule has 0 heterocycles. The number of aliphatic carboxylic acids is 1. The van der Waals surface area contributed by atoms with Crippen molar-refractivity contribution < 1.29 is 32.7 Å². The zero-order valence-corrected chi connectivity index (χ0v) is 14.3. The molecule has 0 aromatic heterocycles. The van der Waals surface area contributed by atoms with Crippen LogP contribution in [0.1, 0.15) is 27.2 Å². The summed E-state index contributed by atoms with van der Waals surface area (Å²) in [4.78, 5) is 34.8. The van der Waals surface area contributed by atoms with Gasteiger partial charge in [-0.25, -0.2) is 4.79 Å². The van der Waals surface area contributed by atoms with Crippen molar-refractivity contribution in [3.8, 4) is 0 Å². The first-order chi connectivity index (χ1) is 10.8. The topological polar surface area (TPSA) is 122 Å².